The van der Waals surface area contributed by atoms with E-state index in [1.165, 1.54) is 23.1 Å². The number of hydrogen-bond acceptors (Lipinski definition) is 5. The first-order valence-electron chi connectivity index (χ1n) is 11.2. The number of pyridine rings is 1. The van der Waals surface area contributed by atoms with E-state index >= 15 is 0 Å². The van der Waals surface area contributed by atoms with E-state index < -0.39 is 20.2 Å². The lowest BCUT2D eigenvalue weighted by Gasteiger charge is -2.31. The second-order valence-corrected chi connectivity index (χ2v) is 10.8. The molecule has 35 heavy (non-hydrogen) atoms. The molecule has 0 atom stereocenters. The molecule has 0 bridgehead atoms. The Morgan fingerprint density at radius 2 is 1.83 bits per heavy atom. The van der Waals surface area contributed by atoms with E-state index in [1.54, 1.807) is 6.20 Å². The van der Waals surface area contributed by atoms with Crippen molar-refractivity contribution in [2.75, 3.05) is 13.1 Å². The number of alkyl halides is 3. The minimum atomic E-state index is -5.37. The van der Waals surface area contributed by atoms with Crippen molar-refractivity contribution >= 4 is 20.7 Å². The molecule has 184 valence electrons. The van der Waals surface area contributed by atoms with Crippen LogP contribution in [0, 0.1) is 6.92 Å². The zero-order valence-corrected chi connectivity index (χ0v) is 19.7. The van der Waals surface area contributed by atoms with E-state index in [-0.39, 0.29) is 0 Å². The van der Waals surface area contributed by atoms with E-state index in [9.17, 15) is 21.6 Å². The number of nitrogens with one attached hydrogen (secondary N) is 2. The van der Waals surface area contributed by atoms with Gasteiger partial charge in [0.25, 0.3) is 9.84 Å². The van der Waals surface area contributed by atoms with Gasteiger partial charge in [-0.15, -0.1) is 0 Å². The highest BCUT2D eigenvalue weighted by atomic mass is 32.2. The van der Waals surface area contributed by atoms with Gasteiger partial charge in [-0.3, -0.25) is 9.88 Å². The monoisotopic (exact) mass is 503 g/mol. The van der Waals surface area contributed by atoms with E-state index in [0.29, 0.717) is 23.9 Å². The number of hydrogen-bond donors (Lipinski definition) is 2. The maximum absolute atomic E-state index is 12.8. The van der Waals surface area contributed by atoms with E-state index in [0.717, 1.165) is 55.0 Å². The van der Waals surface area contributed by atoms with Gasteiger partial charge in [-0.05, 0) is 74.7 Å². The molecule has 3 aromatic heterocycles. The molecule has 0 spiro atoms. The standard InChI is InChI=1S/C24H24F3N5O2S/c1-15-22(31-23(30-15)17-2-4-18(5-3-17)35(33,34)24(25,26)27)14-32-10-7-16(8-11-32)19-13-29-21-6-9-28-12-20(19)21/h2-6,9,12-13,16,29H,7-8,10-11,14H2,1H3,(H,30,31). The molecule has 1 saturated heterocycles. The number of sulfone groups is 1. The zero-order chi connectivity index (χ0) is 24.8. The largest absolute Gasteiger partial charge is 0.501 e. The topological polar surface area (TPSA) is 94.7 Å². The smallest absolute Gasteiger partial charge is 0.361 e. The minimum absolute atomic E-state index is 0.464. The van der Waals surface area contributed by atoms with Gasteiger partial charge in [-0.25, -0.2) is 13.4 Å². The van der Waals surface area contributed by atoms with Gasteiger partial charge in [0.05, 0.1) is 10.6 Å². The maximum atomic E-state index is 12.8. The molecule has 0 radical (unpaired) electrons. The summed E-state index contributed by atoms with van der Waals surface area (Å²) in [4.78, 5) is 16.9. The Kier molecular flexibility index (Phi) is 5.92. The van der Waals surface area contributed by atoms with Crippen LogP contribution in [-0.4, -0.2) is 51.9 Å². The van der Waals surface area contributed by atoms with E-state index in [1.807, 2.05) is 19.2 Å². The number of rotatable bonds is 5. The summed E-state index contributed by atoms with van der Waals surface area (Å²) < 4.78 is 61.5. The van der Waals surface area contributed by atoms with Gasteiger partial charge in [0.15, 0.2) is 0 Å². The summed E-state index contributed by atoms with van der Waals surface area (Å²) in [6.45, 7) is 4.40. The number of aromatic amines is 2. The molecular formula is C24H24F3N5O2S. The molecule has 0 amide bonds. The summed E-state index contributed by atoms with van der Waals surface area (Å²) in [7, 11) is -5.37. The molecule has 7 nitrogen and oxygen atoms in total. The third kappa shape index (κ3) is 4.45. The molecule has 1 aliphatic heterocycles. The van der Waals surface area contributed by atoms with Crippen molar-refractivity contribution in [1.29, 1.82) is 0 Å². The third-order valence-electron chi connectivity index (χ3n) is 6.64. The first-order chi connectivity index (χ1) is 16.6. The molecule has 11 heteroatoms. The van der Waals surface area contributed by atoms with Crippen LogP contribution in [0.3, 0.4) is 0 Å². The van der Waals surface area contributed by atoms with Crippen LogP contribution in [-0.2, 0) is 16.4 Å². The third-order valence-corrected chi connectivity index (χ3v) is 8.15. The van der Waals surface area contributed by atoms with Crippen LogP contribution in [0.4, 0.5) is 13.2 Å². The molecule has 0 aliphatic carbocycles. The maximum Gasteiger partial charge on any atom is 0.501 e. The van der Waals surface area contributed by atoms with Crippen LogP contribution in [0.25, 0.3) is 22.3 Å². The average molecular weight is 504 g/mol. The van der Waals surface area contributed by atoms with Crippen molar-refractivity contribution in [2.45, 2.75) is 42.6 Å². The summed E-state index contributed by atoms with van der Waals surface area (Å²) in [5.74, 6) is 0.959. The lowest BCUT2D eigenvalue weighted by atomic mass is 9.89. The highest BCUT2D eigenvalue weighted by Gasteiger charge is 2.46. The number of aromatic nitrogens is 4. The van der Waals surface area contributed by atoms with E-state index in [4.69, 9.17) is 0 Å². The number of aryl methyl sites for hydroxylation is 1. The van der Waals surface area contributed by atoms with Gasteiger partial charge in [0.1, 0.15) is 5.82 Å². The SMILES string of the molecule is Cc1[nH]c(-c2ccc(S(=O)(=O)C(F)(F)F)cc2)nc1CN1CCC(c2c[nH]c3ccncc23)CC1. The molecule has 1 aromatic carbocycles. The van der Waals surface area contributed by atoms with Crippen molar-refractivity contribution in [3.8, 4) is 11.4 Å². The fraction of sp³-hybridized carbons (Fsp3) is 0.333. The second kappa shape index (κ2) is 8.80. The van der Waals surface area contributed by atoms with E-state index in [2.05, 4.69) is 31.0 Å². The highest BCUT2D eigenvalue weighted by molar-refractivity contribution is 7.92. The summed E-state index contributed by atoms with van der Waals surface area (Å²) in [5, 5.41) is 1.17. The van der Waals surface area contributed by atoms with Crippen LogP contribution in [0.2, 0.25) is 0 Å². The van der Waals surface area contributed by atoms with Gasteiger partial charge >= 0.3 is 5.51 Å². The fourth-order valence-corrected chi connectivity index (χ4v) is 5.41. The predicted octanol–water partition coefficient (Wildman–Crippen LogP) is 4.93. The Morgan fingerprint density at radius 1 is 1.11 bits per heavy atom. The molecule has 5 rings (SSSR count). The second-order valence-electron chi connectivity index (χ2n) is 8.85. The van der Waals surface area contributed by atoms with Crippen LogP contribution in [0.5, 0.6) is 0 Å². The van der Waals surface area contributed by atoms with Crippen LogP contribution in [0.15, 0.2) is 53.8 Å². The van der Waals surface area contributed by atoms with Gasteiger partial charge in [0.2, 0.25) is 0 Å². The minimum Gasteiger partial charge on any atom is -0.361 e. The quantitative estimate of drug-likeness (QED) is 0.403. The lowest BCUT2D eigenvalue weighted by Crippen LogP contribution is -2.32. The van der Waals surface area contributed by atoms with Gasteiger partial charge in [-0.1, -0.05) is 0 Å². The molecule has 0 saturated carbocycles. The molecule has 4 heterocycles. The Balaban J connectivity index is 1.25. The lowest BCUT2D eigenvalue weighted by molar-refractivity contribution is -0.0436. The summed E-state index contributed by atoms with van der Waals surface area (Å²) in [6.07, 6.45) is 7.82. The normalized spacial score (nSPS) is 16.2. The molecule has 4 aromatic rings. The van der Waals surface area contributed by atoms with Gasteiger partial charge in [0, 0.05) is 47.3 Å². The van der Waals surface area contributed by atoms with Gasteiger partial charge < -0.3 is 9.97 Å². The number of fused-ring (bicyclic) bond motifs is 1. The Bertz CT molecular complexity index is 1450. The number of likely N-dealkylation sites (tertiary alicyclic amines) is 1. The number of piperidine rings is 1. The molecule has 1 aliphatic rings. The zero-order valence-electron chi connectivity index (χ0n) is 18.9. The molecule has 1 fully saturated rings. The number of benzene rings is 1. The van der Waals surface area contributed by atoms with Crippen molar-refractivity contribution in [3.05, 3.63) is 65.9 Å². The van der Waals surface area contributed by atoms with Crippen molar-refractivity contribution in [1.82, 2.24) is 24.8 Å². The highest BCUT2D eigenvalue weighted by Crippen LogP contribution is 2.34. The Hall–Kier alpha value is -3.18. The number of nitrogens with zero attached hydrogens (tertiary/aromatic N) is 3. The van der Waals surface area contributed by atoms with Crippen LogP contribution >= 0.6 is 0 Å². The molecule has 2 N–H and O–H groups in total. The Morgan fingerprint density at radius 3 is 2.51 bits per heavy atom. The summed E-state index contributed by atoms with van der Waals surface area (Å²) >= 11 is 0. The number of imidazole rings is 1. The fourth-order valence-electron chi connectivity index (χ4n) is 4.65. The molecular weight excluding hydrogens is 479 g/mol. The van der Waals surface area contributed by atoms with Crippen LogP contribution < -0.4 is 0 Å². The van der Waals surface area contributed by atoms with Crippen LogP contribution in [0.1, 0.15) is 35.7 Å². The first-order valence-corrected chi connectivity index (χ1v) is 12.7. The van der Waals surface area contributed by atoms with Gasteiger partial charge in [-0.2, -0.15) is 13.2 Å². The first kappa shape index (κ1) is 23.6. The summed E-state index contributed by atoms with van der Waals surface area (Å²) in [6, 6.07) is 6.57. The number of H-pyrrole nitrogens is 2. The molecule has 0 unspecified atom stereocenters. The van der Waals surface area contributed by atoms with Crippen molar-refractivity contribution < 1.29 is 21.6 Å². The Labute approximate surface area is 200 Å². The average Bonchev–Trinajstić information content (AvgIpc) is 3.43. The number of halogens is 3. The van der Waals surface area contributed by atoms with Crippen molar-refractivity contribution in [2.24, 2.45) is 0 Å². The summed E-state index contributed by atoms with van der Waals surface area (Å²) in [5.41, 5.74) is -0.671. The van der Waals surface area contributed by atoms with Crippen molar-refractivity contribution in [3.63, 3.8) is 0 Å². The predicted molar refractivity (Wildman–Crippen MR) is 125 cm³/mol.